The van der Waals surface area contributed by atoms with E-state index >= 15 is 0 Å². The zero-order valence-corrected chi connectivity index (χ0v) is 101. The van der Waals surface area contributed by atoms with Gasteiger partial charge in [0, 0.05) is 65.8 Å². The van der Waals surface area contributed by atoms with Gasteiger partial charge < -0.3 is 18.3 Å². The first-order chi connectivity index (χ1) is 68.5. The molecule has 4 nitrogen and oxygen atoms in total. The minimum atomic E-state index is -1.60. The lowest BCUT2D eigenvalue weighted by atomic mass is 9.82. The first-order valence-corrected chi connectivity index (χ1v) is 81.3. The average Bonchev–Trinajstić information content (AvgIpc) is 1.33. The van der Waals surface area contributed by atoms with Crippen LogP contribution in [0, 0.1) is 13.8 Å². The molecule has 0 atom stereocenters. The summed E-state index contributed by atoms with van der Waals surface area (Å²) >= 11 is 0. The van der Waals surface area contributed by atoms with Gasteiger partial charge in [0.25, 0.3) is 0 Å². The molecule has 0 aliphatic rings. The molecule has 0 unspecified atom stereocenters. The van der Waals surface area contributed by atoms with E-state index in [0.29, 0.717) is 0 Å². The quantitative estimate of drug-likeness (QED) is 0.0679. The molecule has 0 spiro atoms. The van der Waals surface area contributed by atoms with Gasteiger partial charge in [-0.15, -0.1) is 0 Å². The Kier molecular flexibility index (Phi) is 24.2. The topological polar surface area (TPSA) is 19.7 Å². The largest absolute Gasteiger partial charge is 0.309 e. The van der Waals surface area contributed by atoms with Crippen molar-refractivity contribution >= 4 is 236 Å². The highest BCUT2D eigenvalue weighted by Crippen LogP contribution is 2.51. The van der Waals surface area contributed by atoms with Gasteiger partial charge in [-0.25, -0.2) is 0 Å². The number of rotatable bonds is 16. The van der Waals surface area contributed by atoms with Crippen molar-refractivity contribution in [2.24, 2.45) is 0 Å². The molecule has 22 rings (SSSR count). The zero-order chi connectivity index (χ0) is 104. The Morgan fingerprint density at radius 2 is 0.301 bits per heavy atom. The number of nitrogens with zero attached hydrogens (tertiary/aromatic N) is 4. The second-order valence-corrected chi connectivity index (χ2v) is 93.6. The van der Waals surface area contributed by atoms with Gasteiger partial charge in [0.15, 0.2) is 0 Å². The van der Waals surface area contributed by atoms with Gasteiger partial charge in [0.2, 0.25) is 0 Å². The molecule has 0 bridgehead atoms. The van der Waals surface area contributed by atoms with E-state index in [1.165, 1.54) is 261 Å². The molecule has 0 amide bonds. The lowest BCUT2D eigenvalue weighted by molar-refractivity contribution is 0.590. The van der Waals surface area contributed by atoms with Crippen LogP contribution in [0.3, 0.4) is 0 Å². The highest BCUT2D eigenvalue weighted by molar-refractivity contribution is 6.92. The van der Waals surface area contributed by atoms with Crippen molar-refractivity contribution in [2.45, 2.75) is 223 Å². The molecule has 0 radical (unpaired) electrons. The number of fused-ring (bicyclic) bond motifs is 16. The number of aromatic nitrogens is 4. The summed E-state index contributed by atoms with van der Waals surface area (Å²) in [5.41, 5.74) is 30.2. The van der Waals surface area contributed by atoms with E-state index < -0.39 is 64.6 Å². The Balaban J connectivity index is 0.000000172. The van der Waals surface area contributed by atoms with Gasteiger partial charge in [-0.1, -0.05) is 470 Å². The molecule has 18 aromatic carbocycles. The molecular weight excluding hydrogens is 1890 g/mol. The summed E-state index contributed by atoms with van der Waals surface area (Å²) in [6.45, 7) is 77.5. The van der Waals surface area contributed by atoms with Gasteiger partial charge in [-0.05, 0) is 220 Å². The van der Waals surface area contributed by atoms with Crippen molar-refractivity contribution < 1.29 is 0 Å². The Bertz CT molecular complexity index is 8290. The van der Waals surface area contributed by atoms with Gasteiger partial charge in [-0.2, -0.15) is 0 Å². The molecule has 736 valence electrons. The van der Waals surface area contributed by atoms with Crippen LogP contribution >= 0.6 is 0 Å². The van der Waals surface area contributed by atoms with E-state index in [4.69, 9.17) is 0 Å². The van der Waals surface area contributed by atoms with E-state index in [-0.39, 0.29) is 10.8 Å². The van der Waals surface area contributed by atoms with Crippen LogP contribution in [0.25, 0.3) is 198 Å². The molecule has 22 aromatic rings. The molecule has 4 heterocycles. The fraction of sp³-hybridized carbons (Fsp3) is 0.254. The number of aryl methyl sites for hydroxylation is 2. The monoisotopic (exact) mass is 2040 g/mol. The molecule has 0 saturated carbocycles. The first-order valence-electron chi connectivity index (χ1n) is 53.3. The fourth-order valence-electron chi connectivity index (χ4n) is 22.9. The van der Waals surface area contributed by atoms with Gasteiger partial charge in [0.05, 0.1) is 109 Å². The second kappa shape index (κ2) is 35.3. The maximum atomic E-state index is 2.56. The third-order valence-electron chi connectivity index (χ3n) is 31.9. The van der Waals surface area contributed by atoms with Crippen molar-refractivity contribution in [3.05, 3.63) is 338 Å². The molecule has 0 aliphatic heterocycles. The van der Waals surface area contributed by atoms with Crippen molar-refractivity contribution in [1.29, 1.82) is 0 Å². The summed E-state index contributed by atoms with van der Waals surface area (Å²) in [6, 6.07) is 126. The molecular formula is C134H148N4Si8. The molecule has 12 heteroatoms. The SMILES string of the molecule is CC(C)(C)c1ccc(-c2c3ccc(-n4c5ccc([Si](C)(C)C)cc5c5cc([Si](C)(C)C)ccc54)cc3c(-c3ccc(C(C)(C)C)cc3)c3ccc(-n4c5ccc([Si](C)(C)C)cc5c5cc([Si](C)(C)C)ccc54)cc23)cc1.Cc1ccc(-c2c3ccc(-n4c5ccc([Si](C)(C)C)cc5c5cc([Si](C)(C)C)ccc54)cc3c(-c3ccc(C)cc3)c3ccc(-n4c5ccc([Si](C)(C)C)cc5c5cc([Si](C)(C)C)ccc54)cc23)cc1. The Morgan fingerprint density at radius 1 is 0.151 bits per heavy atom. The molecule has 0 fully saturated rings. The van der Waals surface area contributed by atoms with Gasteiger partial charge >= 0.3 is 0 Å². The van der Waals surface area contributed by atoms with E-state index in [1.807, 2.05) is 0 Å². The Morgan fingerprint density at radius 3 is 0.445 bits per heavy atom. The lowest BCUT2D eigenvalue weighted by Crippen LogP contribution is -2.37. The van der Waals surface area contributed by atoms with Crippen LogP contribution in [-0.4, -0.2) is 82.9 Å². The van der Waals surface area contributed by atoms with Crippen LogP contribution in [0.15, 0.2) is 315 Å². The van der Waals surface area contributed by atoms with E-state index in [0.717, 1.165) is 0 Å². The molecule has 0 aliphatic carbocycles. The first kappa shape index (κ1) is 99.9. The van der Waals surface area contributed by atoms with Crippen LogP contribution in [0.4, 0.5) is 0 Å². The van der Waals surface area contributed by atoms with Crippen LogP contribution in [0.5, 0.6) is 0 Å². The average molecular weight is 2040 g/mol. The normalized spacial score (nSPS) is 13.2. The summed E-state index contributed by atoms with van der Waals surface area (Å²) in [7, 11) is -12.7. The summed E-state index contributed by atoms with van der Waals surface area (Å²) in [5.74, 6) is 0. The van der Waals surface area contributed by atoms with Crippen LogP contribution in [0.2, 0.25) is 157 Å². The van der Waals surface area contributed by atoms with Crippen LogP contribution < -0.4 is 41.5 Å². The van der Waals surface area contributed by atoms with E-state index in [9.17, 15) is 0 Å². The fourth-order valence-corrected chi connectivity index (χ4v) is 32.1. The van der Waals surface area contributed by atoms with Gasteiger partial charge in [0.1, 0.15) is 0 Å². The Labute approximate surface area is 875 Å². The third-order valence-corrected chi connectivity index (χ3v) is 48.3. The third kappa shape index (κ3) is 17.9. The standard InChI is InChI=1S/C70H80N2Si4.C64H68N2Si4/c1-69(2,3)47-23-19-45(20-24-47)67-55-33-27-50(72-65-37-31-53(75(13,14)15)43-59(65)60-44-54(76(16,17)18)32-38-66(60)72)40-62(55)68(46-21-25-48(26-22-46)70(4,5)6)56-34-28-49(39-61(56)67)71-63-35-29-51(73(7,8)9)41-57(63)58-42-52(74(10,11)12)30-36-64(58)71;1-41-15-19-43(20-16-41)63-51-29-23-46(66-61-33-27-49(69(9,10)11)39-55(61)56-40-50(70(12,13)14)28-34-62(56)66)36-58(51)64(44-21-17-42(2)18-22-44)52-30-24-45(35-57(52)63)65-59-31-25-47(67(3,4)5)37-53(59)54-38-48(68(6,7)8)26-32-60(54)65/h19-44H,1-18H3;15-40H,1-14H3. The van der Waals surface area contributed by atoms with Crippen molar-refractivity contribution in [3.8, 4) is 67.3 Å². The number of benzene rings is 18. The summed E-state index contributed by atoms with van der Waals surface area (Å²) in [6.07, 6.45) is 0. The van der Waals surface area contributed by atoms with Crippen molar-refractivity contribution in [3.63, 3.8) is 0 Å². The van der Waals surface area contributed by atoms with Crippen molar-refractivity contribution in [2.75, 3.05) is 0 Å². The van der Waals surface area contributed by atoms with Crippen LogP contribution in [0.1, 0.15) is 63.8 Å². The molecule has 146 heavy (non-hydrogen) atoms. The maximum absolute atomic E-state index is 2.56. The van der Waals surface area contributed by atoms with E-state index in [2.05, 4.69) is 546 Å². The summed E-state index contributed by atoms with van der Waals surface area (Å²) < 4.78 is 10.2. The molecule has 4 aromatic heterocycles. The van der Waals surface area contributed by atoms with Crippen molar-refractivity contribution in [1.82, 2.24) is 18.3 Å². The minimum Gasteiger partial charge on any atom is -0.309 e. The highest BCUT2D eigenvalue weighted by Gasteiger charge is 2.33. The highest BCUT2D eigenvalue weighted by atomic mass is 28.3. The number of hydrogen-bond acceptors (Lipinski definition) is 0. The van der Waals surface area contributed by atoms with E-state index in [1.54, 1.807) is 0 Å². The maximum Gasteiger partial charge on any atom is 0.0776 e. The van der Waals surface area contributed by atoms with Gasteiger partial charge in [-0.3, -0.25) is 0 Å². The van der Waals surface area contributed by atoms with Crippen LogP contribution in [-0.2, 0) is 10.8 Å². The lowest BCUT2D eigenvalue weighted by Gasteiger charge is -2.23. The summed E-state index contributed by atoms with van der Waals surface area (Å²) in [4.78, 5) is 0. The number of hydrogen-bond donors (Lipinski definition) is 0. The molecule has 0 saturated heterocycles. The second-order valence-electron chi connectivity index (χ2n) is 53.0. The summed E-state index contributed by atoms with van der Waals surface area (Å²) in [5, 5.41) is 33.0. The Hall–Kier alpha value is -12.1. The minimum absolute atomic E-state index is 0.0308. The molecule has 0 N–H and O–H groups in total. The smallest absolute Gasteiger partial charge is 0.0776 e. The predicted octanol–water partition coefficient (Wildman–Crippen LogP) is 34.6. The zero-order valence-electron chi connectivity index (χ0n) is 92.8. The predicted molar refractivity (Wildman–Crippen MR) is 673 cm³/mol.